The number of hydrogen-bond donors (Lipinski definition) is 1. The first-order valence-corrected chi connectivity index (χ1v) is 6.83. The number of rotatable bonds is 2. The zero-order chi connectivity index (χ0) is 15.1. The van der Waals surface area contributed by atoms with Crippen LogP contribution in [0.2, 0.25) is 0 Å². The molecule has 0 bridgehead atoms. The zero-order valence-corrected chi connectivity index (χ0v) is 11.5. The smallest absolute Gasteiger partial charge is 0.266 e. The molecule has 2 aromatic carbocycles. The van der Waals surface area contributed by atoms with Crippen molar-refractivity contribution in [3.63, 3.8) is 0 Å². The highest BCUT2D eigenvalue weighted by molar-refractivity contribution is 6.34. The lowest BCUT2D eigenvalue weighted by atomic mass is 10.1. The second kappa shape index (κ2) is 4.66. The van der Waals surface area contributed by atoms with Gasteiger partial charge in [-0.2, -0.15) is 0 Å². The van der Waals surface area contributed by atoms with Crippen LogP contribution in [0.1, 0.15) is 20.7 Å². The summed E-state index contributed by atoms with van der Waals surface area (Å²) in [4.78, 5) is 33.4. The number of carbonyl (C=O) groups is 2. The highest BCUT2D eigenvalue weighted by atomic mass is 16.2. The molecule has 0 saturated heterocycles. The van der Waals surface area contributed by atoms with Gasteiger partial charge in [0.05, 0.1) is 16.8 Å². The van der Waals surface area contributed by atoms with E-state index in [1.54, 1.807) is 54.9 Å². The summed E-state index contributed by atoms with van der Waals surface area (Å²) in [7, 11) is 0. The largest absolute Gasteiger partial charge is 0.345 e. The van der Waals surface area contributed by atoms with Crippen molar-refractivity contribution in [3.8, 4) is 11.4 Å². The van der Waals surface area contributed by atoms with Gasteiger partial charge in [-0.1, -0.05) is 24.3 Å². The first-order valence-electron chi connectivity index (χ1n) is 6.83. The third-order valence-electron chi connectivity index (χ3n) is 3.67. The lowest BCUT2D eigenvalue weighted by molar-refractivity contribution is 0.0926. The molecular weight excluding hydrogens is 278 g/mol. The predicted molar refractivity (Wildman–Crippen MR) is 81.6 cm³/mol. The Bertz CT molecular complexity index is 849. The van der Waals surface area contributed by atoms with Gasteiger partial charge >= 0.3 is 0 Å². The van der Waals surface area contributed by atoms with Crippen LogP contribution in [0.3, 0.4) is 0 Å². The number of benzene rings is 2. The summed E-state index contributed by atoms with van der Waals surface area (Å²) in [6, 6.07) is 14.1. The van der Waals surface area contributed by atoms with Crippen molar-refractivity contribution in [3.05, 3.63) is 72.1 Å². The highest BCUT2D eigenvalue weighted by Crippen LogP contribution is 2.30. The summed E-state index contributed by atoms with van der Waals surface area (Å²) in [5.41, 5.74) is 2.24. The molecule has 106 valence electrons. The van der Waals surface area contributed by atoms with Crippen molar-refractivity contribution in [2.75, 3.05) is 4.90 Å². The van der Waals surface area contributed by atoms with Gasteiger partial charge in [-0.05, 0) is 24.3 Å². The fourth-order valence-electron chi connectivity index (χ4n) is 2.64. The molecule has 0 saturated carbocycles. The highest BCUT2D eigenvalue weighted by Gasteiger charge is 2.36. The van der Waals surface area contributed by atoms with Crippen LogP contribution in [0.15, 0.2) is 60.9 Å². The SMILES string of the molecule is O=C1c2ccccc2C(=O)N1c1cccc(-c2ncc[nH]2)c1. The number of imide groups is 1. The average Bonchev–Trinajstić information content (AvgIpc) is 3.17. The normalized spacial score (nSPS) is 13.5. The molecule has 0 atom stereocenters. The maximum atomic E-state index is 12.5. The van der Waals surface area contributed by atoms with Crippen molar-refractivity contribution >= 4 is 17.5 Å². The number of hydrogen-bond acceptors (Lipinski definition) is 3. The van der Waals surface area contributed by atoms with Gasteiger partial charge in [0, 0.05) is 18.0 Å². The van der Waals surface area contributed by atoms with Crippen molar-refractivity contribution in [2.24, 2.45) is 0 Å². The Hall–Kier alpha value is -3.21. The standard InChI is InChI=1S/C17H11N3O2/c21-16-13-6-1-2-7-14(13)17(22)20(16)12-5-3-4-11(10-12)15-18-8-9-19-15/h1-10H,(H,18,19). The van der Waals surface area contributed by atoms with E-state index in [0.717, 1.165) is 5.56 Å². The summed E-state index contributed by atoms with van der Waals surface area (Å²) < 4.78 is 0. The van der Waals surface area contributed by atoms with Crippen LogP contribution >= 0.6 is 0 Å². The molecule has 5 heteroatoms. The van der Waals surface area contributed by atoms with Gasteiger partial charge in [-0.15, -0.1) is 0 Å². The van der Waals surface area contributed by atoms with Crippen LogP contribution in [0.5, 0.6) is 0 Å². The van der Waals surface area contributed by atoms with Crippen LogP contribution in [0.4, 0.5) is 5.69 Å². The van der Waals surface area contributed by atoms with Gasteiger partial charge in [0.25, 0.3) is 11.8 Å². The number of H-pyrrole nitrogens is 1. The van der Waals surface area contributed by atoms with Crippen molar-refractivity contribution in [1.29, 1.82) is 0 Å². The third kappa shape index (κ3) is 1.76. The molecule has 2 heterocycles. The number of anilines is 1. The van der Waals surface area contributed by atoms with Gasteiger partial charge < -0.3 is 4.98 Å². The molecular formula is C17H11N3O2. The Balaban J connectivity index is 1.79. The minimum Gasteiger partial charge on any atom is -0.345 e. The molecule has 1 aliphatic heterocycles. The number of nitrogens with zero attached hydrogens (tertiary/aromatic N) is 2. The number of amides is 2. The molecule has 1 aromatic heterocycles. The van der Waals surface area contributed by atoms with E-state index in [4.69, 9.17) is 0 Å². The second-order valence-electron chi connectivity index (χ2n) is 4.98. The summed E-state index contributed by atoms with van der Waals surface area (Å²) in [5.74, 6) is 0.104. The van der Waals surface area contributed by atoms with E-state index < -0.39 is 0 Å². The maximum Gasteiger partial charge on any atom is 0.266 e. The molecule has 2 amide bonds. The molecule has 0 unspecified atom stereocenters. The fraction of sp³-hybridized carbons (Fsp3) is 0. The average molecular weight is 289 g/mol. The summed E-state index contributed by atoms with van der Waals surface area (Å²) in [6.07, 6.45) is 3.38. The molecule has 1 N–H and O–H groups in total. The number of aromatic amines is 1. The monoisotopic (exact) mass is 289 g/mol. The van der Waals surface area contributed by atoms with Crippen molar-refractivity contribution in [2.45, 2.75) is 0 Å². The molecule has 0 radical (unpaired) electrons. The zero-order valence-electron chi connectivity index (χ0n) is 11.5. The quantitative estimate of drug-likeness (QED) is 0.738. The van der Waals surface area contributed by atoms with Gasteiger partial charge in [0.1, 0.15) is 5.82 Å². The summed E-state index contributed by atoms with van der Waals surface area (Å²) in [5, 5.41) is 0. The minimum absolute atomic E-state index is 0.294. The van der Waals surface area contributed by atoms with Gasteiger partial charge in [-0.25, -0.2) is 9.88 Å². The number of fused-ring (bicyclic) bond motifs is 1. The van der Waals surface area contributed by atoms with E-state index in [1.807, 2.05) is 6.07 Å². The van der Waals surface area contributed by atoms with Crippen LogP contribution in [-0.2, 0) is 0 Å². The molecule has 3 aromatic rings. The Labute approximate surface area is 126 Å². The van der Waals surface area contributed by atoms with E-state index in [1.165, 1.54) is 4.90 Å². The number of imidazole rings is 1. The number of nitrogens with one attached hydrogen (secondary N) is 1. The van der Waals surface area contributed by atoms with E-state index in [9.17, 15) is 9.59 Å². The van der Waals surface area contributed by atoms with Gasteiger partial charge in [0.2, 0.25) is 0 Å². The molecule has 22 heavy (non-hydrogen) atoms. The molecule has 0 fully saturated rings. The second-order valence-corrected chi connectivity index (χ2v) is 4.98. The first kappa shape index (κ1) is 12.5. The van der Waals surface area contributed by atoms with Gasteiger partial charge in [-0.3, -0.25) is 9.59 Å². The van der Waals surface area contributed by atoms with Crippen molar-refractivity contribution in [1.82, 2.24) is 9.97 Å². The van der Waals surface area contributed by atoms with E-state index in [2.05, 4.69) is 9.97 Å². The van der Waals surface area contributed by atoms with Crippen LogP contribution < -0.4 is 4.90 Å². The number of aromatic nitrogens is 2. The molecule has 1 aliphatic rings. The Kier molecular flexibility index (Phi) is 2.66. The number of carbonyl (C=O) groups excluding carboxylic acids is 2. The third-order valence-corrected chi connectivity index (χ3v) is 3.67. The topological polar surface area (TPSA) is 66.1 Å². The lowest BCUT2D eigenvalue weighted by Crippen LogP contribution is -2.29. The summed E-state index contributed by atoms with van der Waals surface area (Å²) in [6.45, 7) is 0. The molecule has 4 rings (SSSR count). The first-order chi connectivity index (χ1) is 10.8. The molecule has 5 nitrogen and oxygen atoms in total. The van der Waals surface area contributed by atoms with Crippen LogP contribution in [-0.4, -0.2) is 21.8 Å². The lowest BCUT2D eigenvalue weighted by Gasteiger charge is -2.14. The molecule has 0 spiro atoms. The Morgan fingerprint density at radius 2 is 1.64 bits per heavy atom. The van der Waals surface area contributed by atoms with E-state index >= 15 is 0 Å². The van der Waals surface area contributed by atoms with Crippen molar-refractivity contribution < 1.29 is 9.59 Å². The van der Waals surface area contributed by atoms with E-state index in [0.29, 0.717) is 22.6 Å². The molecule has 0 aliphatic carbocycles. The Morgan fingerprint density at radius 3 is 2.27 bits per heavy atom. The fourth-order valence-corrected chi connectivity index (χ4v) is 2.64. The minimum atomic E-state index is -0.294. The summed E-state index contributed by atoms with van der Waals surface area (Å²) >= 11 is 0. The Morgan fingerprint density at radius 1 is 0.909 bits per heavy atom. The van der Waals surface area contributed by atoms with Crippen LogP contribution in [0, 0.1) is 0 Å². The maximum absolute atomic E-state index is 12.5. The van der Waals surface area contributed by atoms with Gasteiger partial charge in [0.15, 0.2) is 0 Å². The predicted octanol–water partition coefficient (Wildman–Crippen LogP) is 2.88. The van der Waals surface area contributed by atoms with Crippen LogP contribution in [0.25, 0.3) is 11.4 Å². The van der Waals surface area contributed by atoms with E-state index in [-0.39, 0.29) is 11.8 Å².